The van der Waals surface area contributed by atoms with Crippen molar-refractivity contribution in [1.82, 2.24) is 15.5 Å². The molecule has 1 unspecified atom stereocenters. The summed E-state index contributed by atoms with van der Waals surface area (Å²) >= 11 is 0. The van der Waals surface area contributed by atoms with Crippen LogP contribution >= 0.6 is 0 Å². The number of benzene rings is 1. The summed E-state index contributed by atoms with van der Waals surface area (Å²) in [5, 5.41) is 14.2. The number of carbonyl (C=O) groups is 3. The molecule has 3 aromatic heterocycles. The normalized spacial score (nSPS) is 12.1. The van der Waals surface area contributed by atoms with Crippen LogP contribution in [-0.4, -0.2) is 44.7 Å². The second-order valence-corrected chi connectivity index (χ2v) is 10.1. The highest BCUT2D eigenvalue weighted by Gasteiger charge is 2.38. The number of aliphatic carboxylic acids is 1. The Morgan fingerprint density at radius 2 is 1.64 bits per heavy atom. The molecule has 10 nitrogen and oxygen atoms in total. The van der Waals surface area contributed by atoms with E-state index in [-0.39, 0.29) is 11.7 Å². The van der Waals surface area contributed by atoms with E-state index in [9.17, 15) is 22.8 Å². The third-order valence-corrected chi connectivity index (χ3v) is 5.67. The van der Waals surface area contributed by atoms with Crippen molar-refractivity contribution in [2.24, 2.45) is 0 Å². The molecule has 3 heterocycles. The number of hydrogen-bond donors (Lipinski definition) is 2. The number of aromatic nitrogens is 2. The summed E-state index contributed by atoms with van der Waals surface area (Å²) < 4.78 is 42.5. The van der Waals surface area contributed by atoms with Crippen LogP contribution in [-0.2, 0) is 9.59 Å². The first-order valence-electron chi connectivity index (χ1n) is 12.5. The minimum Gasteiger partial charge on any atom is -0.475 e. The van der Waals surface area contributed by atoms with Crippen LogP contribution in [0.25, 0.3) is 11.1 Å². The zero-order valence-electron chi connectivity index (χ0n) is 23.4. The van der Waals surface area contributed by atoms with Gasteiger partial charge in [-0.2, -0.15) is 13.2 Å². The number of pyridine rings is 1. The Bertz CT molecular complexity index is 1490. The van der Waals surface area contributed by atoms with Crippen molar-refractivity contribution < 1.29 is 41.6 Å². The minimum atomic E-state index is -5.08. The third-order valence-electron chi connectivity index (χ3n) is 5.67. The second kappa shape index (κ2) is 12.7. The van der Waals surface area contributed by atoms with E-state index in [2.05, 4.69) is 15.5 Å². The van der Waals surface area contributed by atoms with Gasteiger partial charge in [0.2, 0.25) is 5.91 Å². The summed E-state index contributed by atoms with van der Waals surface area (Å²) in [5.74, 6) is -2.71. The molecule has 2 N–H and O–H groups in total. The van der Waals surface area contributed by atoms with Gasteiger partial charge in [-0.05, 0) is 70.5 Å². The average molecular weight is 587 g/mol. The largest absolute Gasteiger partial charge is 0.490 e. The van der Waals surface area contributed by atoms with Gasteiger partial charge in [-0.1, -0.05) is 23.4 Å². The van der Waals surface area contributed by atoms with Crippen molar-refractivity contribution in [1.29, 1.82) is 0 Å². The van der Waals surface area contributed by atoms with Gasteiger partial charge in [-0.15, -0.1) is 0 Å². The second-order valence-electron chi connectivity index (χ2n) is 10.1. The van der Waals surface area contributed by atoms with E-state index in [0.29, 0.717) is 17.0 Å². The molecule has 0 radical (unpaired) electrons. The van der Waals surface area contributed by atoms with Gasteiger partial charge in [0.05, 0.1) is 12.0 Å². The highest BCUT2D eigenvalue weighted by Crippen LogP contribution is 2.33. The van der Waals surface area contributed by atoms with Gasteiger partial charge < -0.3 is 19.4 Å². The van der Waals surface area contributed by atoms with Gasteiger partial charge in [0.1, 0.15) is 11.8 Å². The van der Waals surface area contributed by atoms with Crippen molar-refractivity contribution >= 4 is 23.5 Å². The van der Waals surface area contributed by atoms with Crippen molar-refractivity contribution in [3.8, 4) is 11.1 Å². The van der Waals surface area contributed by atoms with E-state index in [0.717, 1.165) is 16.8 Å². The number of rotatable bonds is 6. The molecule has 2 amide bonds. The Morgan fingerprint density at radius 3 is 2.10 bits per heavy atom. The molecule has 42 heavy (non-hydrogen) atoms. The molecular formula is C29H29F3N4O6. The number of nitrogens with zero attached hydrogens (tertiary/aromatic N) is 3. The molecule has 4 rings (SSSR count). The van der Waals surface area contributed by atoms with Crippen LogP contribution in [0.5, 0.6) is 0 Å². The fraction of sp³-hybridized carbons (Fsp3) is 0.276. The van der Waals surface area contributed by atoms with Crippen molar-refractivity contribution in [3.63, 3.8) is 0 Å². The number of anilines is 1. The standard InChI is InChI=1S/C27H28N4O4.C2HF3O2/c1-17-23(18(2)35-30-17)19-10-12-21(13-11-19)31(26(33)22-9-7-15-34-22)24(20-8-6-14-28-16-20)25(32)29-27(3,4)5;3-2(4,5)1(6)7/h6-16,24H,1-5H3,(H,29,32);(H,6,7). The summed E-state index contributed by atoms with van der Waals surface area (Å²) in [6.07, 6.45) is -0.437. The van der Waals surface area contributed by atoms with Gasteiger partial charge in [-0.25, -0.2) is 4.79 Å². The zero-order valence-corrected chi connectivity index (χ0v) is 23.4. The summed E-state index contributed by atoms with van der Waals surface area (Å²) in [4.78, 5) is 41.9. The van der Waals surface area contributed by atoms with Crippen LogP contribution in [0.4, 0.5) is 18.9 Å². The molecule has 0 fully saturated rings. The molecule has 0 bridgehead atoms. The maximum Gasteiger partial charge on any atom is 0.490 e. The molecule has 0 aliphatic carbocycles. The molecule has 4 aromatic rings. The van der Waals surface area contributed by atoms with Crippen molar-refractivity contribution in [3.05, 3.63) is 90.0 Å². The van der Waals surface area contributed by atoms with Crippen LogP contribution in [0.3, 0.4) is 0 Å². The number of hydrogen-bond acceptors (Lipinski definition) is 7. The van der Waals surface area contributed by atoms with Gasteiger partial charge in [0.25, 0.3) is 5.91 Å². The molecular weight excluding hydrogens is 557 g/mol. The Balaban J connectivity index is 0.000000616. The molecule has 0 spiro atoms. The number of carboxylic acid groups (broad SMARTS) is 1. The third kappa shape index (κ3) is 7.83. The van der Waals surface area contributed by atoms with Crippen LogP contribution in [0.1, 0.15) is 54.4 Å². The smallest absolute Gasteiger partial charge is 0.475 e. The predicted octanol–water partition coefficient (Wildman–Crippen LogP) is 5.88. The Morgan fingerprint density at radius 1 is 1.00 bits per heavy atom. The van der Waals surface area contributed by atoms with Crippen molar-refractivity contribution in [2.75, 3.05) is 4.90 Å². The minimum absolute atomic E-state index is 0.122. The molecule has 0 saturated heterocycles. The van der Waals surface area contributed by atoms with Gasteiger partial charge in [0, 0.05) is 34.7 Å². The number of aryl methyl sites for hydroxylation is 2. The number of carboxylic acids is 1. The van der Waals surface area contributed by atoms with Crippen LogP contribution in [0, 0.1) is 13.8 Å². The maximum atomic E-state index is 13.7. The lowest BCUT2D eigenvalue weighted by Crippen LogP contribution is -2.49. The number of halogens is 3. The fourth-order valence-corrected chi connectivity index (χ4v) is 3.98. The number of carbonyl (C=O) groups excluding carboxylic acids is 2. The number of furan rings is 1. The average Bonchev–Trinajstić information content (AvgIpc) is 3.56. The zero-order chi connectivity index (χ0) is 31.2. The van der Waals surface area contributed by atoms with Crippen LogP contribution in [0.2, 0.25) is 0 Å². The van der Waals surface area contributed by atoms with E-state index < -0.39 is 29.6 Å². The SMILES string of the molecule is Cc1noc(C)c1-c1ccc(N(C(=O)c2ccco2)C(C(=O)NC(C)(C)C)c2cccnc2)cc1.O=C(O)C(F)(F)F. The predicted molar refractivity (Wildman–Crippen MR) is 145 cm³/mol. The first kappa shape index (κ1) is 31.6. The monoisotopic (exact) mass is 586 g/mol. The summed E-state index contributed by atoms with van der Waals surface area (Å²) in [7, 11) is 0. The van der Waals surface area contributed by atoms with Crippen LogP contribution < -0.4 is 10.2 Å². The molecule has 1 aromatic carbocycles. The Labute approximate surface area is 239 Å². The van der Waals surface area contributed by atoms with Crippen LogP contribution in [0.15, 0.2) is 76.1 Å². The number of amides is 2. The van der Waals surface area contributed by atoms with E-state index >= 15 is 0 Å². The van der Waals surface area contributed by atoms with E-state index in [1.54, 1.807) is 48.8 Å². The van der Waals surface area contributed by atoms with Gasteiger partial charge in [0.15, 0.2) is 5.76 Å². The maximum absolute atomic E-state index is 13.7. The summed E-state index contributed by atoms with van der Waals surface area (Å²) in [5.41, 5.74) is 3.16. The first-order chi connectivity index (χ1) is 19.6. The lowest BCUT2D eigenvalue weighted by molar-refractivity contribution is -0.192. The first-order valence-corrected chi connectivity index (χ1v) is 12.5. The summed E-state index contributed by atoms with van der Waals surface area (Å²) in [6.45, 7) is 9.40. The lowest BCUT2D eigenvalue weighted by Gasteiger charge is -2.33. The number of alkyl halides is 3. The van der Waals surface area contributed by atoms with Gasteiger partial charge >= 0.3 is 12.1 Å². The highest BCUT2D eigenvalue weighted by molar-refractivity contribution is 6.08. The van der Waals surface area contributed by atoms with E-state index in [1.807, 2.05) is 46.8 Å². The Hall–Kier alpha value is -4.94. The molecule has 0 saturated carbocycles. The topological polar surface area (TPSA) is 139 Å². The molecule has 222 valence electrons. The molecule has 1 atom stereocenters. The summed E-state index contributed by atoms with van der Waals surface area (Å²) in [6, 6.07) is 13.1. The van der Waals surface area contributed by atoms with Gasteiger partial charge in [-0.3, -0.25) is 19.5 Å². The van der Waals surface area contributed by atoms with E-state index in [4.69, 9.17) is 18.8 Å². The fourth-order valence-electron chi connectivity index (χ4n) is 3.98. The number of nitrogens with one attached hydrogen (secondary N) is 1. The lowest BCUT2D eigenvalue weighted by atomic mass is 10.0. The van der Waals surface area contributed by atoms with Crippen molar-refractivity contribution in [2.45, 2.75) is 52.4 Å². The highest BCUT2D eigenvalue weighted by atomic mass is 19.4. The molecule has 0 aliphatic heterocycles. The quantitative estimate of drug-likeness (QED) is 0.286. The molecule has 13 heteroatoms. The Kier molecular flexibility index (Phi) is 9.56. The molecule has 0 aliphatic rings. The van der Waals surface area contributed by atoms with E-state index in [1.165, 1.54) is 11.2 Å².